The number of halogens is 1. The third-order valence-electron chi connectivity index (χ3n) is 5.93. The van der Waals surface area contributed by atoms with Crippen LogP contribution in [0.15, 0.2) is 66.9 Å². The summed E-state index contributed by atoms with van der Waals surface area (Å²) in [4.78, 5) is 30.4. The summed E-state index contributed by atoms with van der Waals surface area (Å²) in [6, 6.07) is 18.7. The van der Waals surface area contributed by atoms with Crippen LogP contribution in [0, 0.1) is 0 Å². The number of rotatable bonds is 8. The second kappa shape index (κ2) is 10.7. The van der Waals surface area contributed by atoms with E-state index in [4.69, 9.17) is 16.3 Å². The normalized spacial score (nSPS) is 16.2. The first kappa shape index (κ1) is 23.8. The summed E-state index contributed by atoms with van der Waals surface area (Å²) in [7, 11) is 0. The Morgan fingerprint density at radius 2 is 1.88 bits per heavy atom. The van der Waals surface area contributed by atoms with E-state index >= 15 is 0 Å². The number of anilines is 2. The molecule has 1 aliphatic rings. The van der Waals surface area contributed by atoms with Crippen molar-refractivity contribution in [2.24, 2.45) is 0 Å². The summed E-state index contributed by atoms with van der Waals surface area (Å²) >= 11 is 5.91. The van der Waals surface area contributed by atoms with E-state index in [0.29, 0.717) is 22.8 Å². The summed E-state index contributed by atoms with van der Waals surface area (Å²) in [5.41, 5.74) is 3.09. The van der Waals surface area contributed by atoms with E-state index in [1.165, 1.54) is 0 Å². The zero-order chi connectivity index (χ0) is 24.1. The van der Waals surface area contributed by atoms with Crippen LogP contribution < -0.4 is 15.0 Å². The Labute approximate surface area is 204 Å². The summed E-state index contributed by atoms with van der Waals surface area (Å²) in [5, 5.41) is 3.46. The Kier molecular flexibility index (Phi) is 7.48. The number of amides is 1. The van der Waals surface area contributed by atoms with E-state index < -0.39 is 0 Å². The fourth-order valence-corrected chi connectivity index (χ4v) is 4.27. The van der Waals surface area contributed by atoms with Gasteiger partial charge < -0.3 is 19.7 Å². The van der Waals surface area contributed by atoms with Gasteiger partial charge in [0.25, 0.3) is 5.91 Å². The number of benzene rings is 2. The molecule has 176 valence electrons. The summed E-state index contributed by atoms with van der Waals surface area (Å²) in [6.45, 7) is 5.24. The number of carbonyl (C=O) groups is 2. The van der Waals surface area contributed by atoms with Crippen LogP contribution in [0.1, 0.15) is 48.7 Å². The first-order valence-electron chi connectivity index (χ1n) is 11.4. The van der Waals surface area contributed by atoms with Gasteiger partial charge in [0.1, 0.15) is 23.3 Å². The highest BCUT2D eigenvalue weighted by molar-refractivity contribution is 6.30. The van der Waals surface area contributed by atoms with Gasteiger partial charge in [-0.3, -0.25) is 9.78 Å². The quantitative estimate of drug-likeness (QED) is 0.448. The monoisotopic (exact) mass is 477 g/mol. The number of nitrogens with zero attached hydrogens (tertiary/aromatic N) is 2. The molecule has 0 unspecified atom stereocenters. The number of nitrogens with one attached hydrogen (secondary N) is 1. The zero-order valence-corrected chi connectivity index (χ0v) is 20.1. The average Bonchev–Trinajstić information content (AvgIpc) is 3.29. The fraction of sp³-hybridized carbons (Fsp3) is 0.296. The molecule has 0 spiro atoms. The molecular weight excluding hydrogens is 450 g/mol. The molecule has 1 aromatic heterocycles. The van der Waals surface area contributed by atoms with Crippen LogP contribution in [-0.4, -0.2) is 35.9 Å². The lowest BCUT2D eigenvalue weighted by Gasteiger charge is -2.20. The Hall–Kier alpha value is -3.38. The van der Waals surface area contributed by atoms with Crippen LogP contribution in [0.3, 0.4) is 0 Å². The lowest BCUT2D eigenvalue weighted by Crippen LogP contribution is -2.25. The minimum absolute atomic E-state index is 0.0556. The maximum absolute atomic E-state index is 12.6. The lowest BCUT2D eigenvalue weighted by molar-refractivity contribution is -0.117. The number of Topliss-reactive ketones (excluding diaryl/α,β-unsaturated/α-hetero) is 1. The van der Waals surface area contributed by atoms with Gasteiger partial charge in [-0.1, -0.05) is 30.7 Å². The van der Waals surface area contributed by atoms with Gasteiger partial charge in [0, 0.05) is 42.0 Å². The molecule has 2 atom stereocenters. The van der Waals surface area contributed by atoms with E-state index in [-0.39, 0.29) is 23.7 Å². The second-order valence-corrected chi connectivity index (χ2v) is 9.15. The molecule has 1 amide bonds. The van der Waals surface area contributed by atoms with Gasteiger partial charge >= 0.3 is 0 Å². The molecule has 2 aromatic carbocycles. The van der Waals surface area contributed by atoms with Gasteiger partial charge in [-0.05, 0) is 66.9 Å². The molecule has 7 heteroatoms. The van der Waals surface area contributed by atoms with Gasteiger partial charge in [-0.15, -0.1) is 0 Å². The largest absolute Gasteiger partial charge is 0.489 e. The zero-order valence-electron chi connectivity index (χ0n) is 19.3. The molecule has 4 rings (SSSR count). The minimum atomic E-state index is -0.268. The van der Waals surface area contributed by atoms with E-state index in [2.05, 4.69) is 22.1 Å². The molecule has 0 aliphatic carbocycles. The van der Waals surface area contributed by atoms with Crippen molar-refractivity contribution in [3.05, 3.63) is 83.1 Å². The van der Waals surface area contributed by atoms with Crippen LogP contribution >= 0.6 is 11.6 Å². The third kappa shape index (κ3) is 6.14. The fourth-order valence-electron chi connectivity index (χ4n) is 4.14. The van der Waals surface area contributed by atoms with Gasteiger partial charge in [-0.2, -0.15) is 0 Å². The predicted octanol–water partition coefficient (Wildman–Crippen LogP) is 5.73. The topological polar surface area (TPSA) is 71.5 Å². The van der Waals surface area contributed by atoms with Crippen molar-refractivity contribution in [1.82, 2.24) is 4.98 Å². The van der Waals surface area contributed by atoms with Crippen molar-refractivity contribution in [2.75, 3.05) is 23.3 Å². The first-order chi connectivity index (χ1) is 16.4. The molecule has 1 aliphatic heterocycles. The number of pyridine rings is 1. The van der Waals surface area contributed by atoms with Crippen molar-refractivity contribution in [1.29, 1.82) is 0 Å². The summed E-state index contributed by atoms with van der Waals surface area (Å²) in [6.07, 6.45) is 3.14. The predicted molar refractivity (Wildman–Crippen MR) is 135 cm³/mol. The van der Waals surface area contributed by atoms with Crippen LogP contribution in [0.25, 0.3) is 0 Å². The molecule has 1 fully saturated rings. The highest BCUT2D eigenvalue weighted by Gasteiger charge is 2.25. The summed E-state index contributed by atoms with van der Waals surface area (Å²) in [5.74, 6) is 0.950. The number of hydrogen-bond donors (Lipinski definition) is 1. The number of aromatic nitrogens is 1. The van der Waals surface area contributed by atoms with E-state index in [1.807, 2.05) is 30.3 Å². The lowest BCUT2D eigenvalue weighted by atomic mass is 9.96. The number of carbonyl (C=O) groups excluding carboxylic acids is 2. The van der Waals surface area contributed by atoms with Gasteiger partial charge in [0.05, 0.1) is 6.54 Å². The molecule has 1 N–H and O–H groups in total. The van der Waals surface area contributed by atoms with Crippen LogP contribution in [0.5, 0.6) is 5.75 Å². The molecule has 0 saturated carbocycles. The van der Waals surface area contributed by atoms with Crippen molar-refractivity contribution >= 4 is 34.7 Å². The van der Waals surface area contributed by atoms with Crippen molar-refractivity contribution < 1.29 is 14.3 Å². The van der Waals surface area contributed by atoms with E-state index in [0.717, 1.165) is 36.5 Å². The van der Waals surface area contributed by atoms with E-state index in [1.54, 1.807) is 43.5 Å². The maximum Gasteiger partial charge on any atom is 0.274 e. The van der Waals surface area contributed by atoms with Crippen LogP contribution in [0.2, 0.25) is 5.02 Å². The number of ketones is 1. The summed E-state index contributed by atoms with van der Waals surface area (Å²) < 4.78 is 6.19. The molecular formula is C27H28ClN3O3. The minimum Gasteiger partial charge on any atom is -0.489 e. The molecule has 0 radical (unpaired) electrons. The van der Waals surface area contributed by atoms with Gasteiger partial charge in [0.15, 0.2) is 0 Å². The number of ether oxygens (including phenoxy) is 1. The molecule has 0 bridgehead atoms. The molecule has 2 heterocycles. The Balaban J connectivity index is 1.34. The smallest absolute Gasteiger partial charge is 0.274 e. The first-order valence-corrected chi connectivity index (χ1v) is 11.8. The highest BCUT2D eigenvalue weighted by atomic mass is 35.5. The third-order valence-corrected chi connectivity index (χ3v) is 6.19. The van der Waals surface area contributed by atoms with Gasteiger partial charge in [0.2, 0.25) is 0 Å². The van der Waals surface area contributed by atoms with Crippen molar-refractivity contribution in [2.45, 2.75) is 38.7 Å². The second-order valence-electron chi connectivity index (χ2n) is 8.71. The van der Waals surface area contributed by atoms with E-state index in [9.17, 15) is 9.59 Å². The Morgan fingerprint density at radius 1 is 1.15 bits per heavy atom. The standard InChI is InChI=1S/C27H28ClN3O3/c1-18(15-19(2)32)20-3-9-24(10-4-20)34-25-12-14-31(17-25)23-11-13-29-26(16-23)27(33)30-22-7-5-21(28)6-8-22/h3-11,13,16,18,25H,12,14-15,17H2,1-2H3,(H,30,33)/t18-,25-/m1/s1. The molecule has 34 heavy (non-hydrogen) atoms. The molecule has 1 saturated heterocycles. The molecule has 6 nitrogen and oxygen atoms in total. The van der Waals surface area contributed by atoms with Crippen LogP contribution in [0.4, 0.5) is 11.4 Å². The van der Waals surface area contributed by atoms with Crippen molar-refractivity contribution in [3.63, 3.8) is 0 Å². The molecule has 3 aromatic rings. The van der Waals surface area contributed by atoms with Crippen LogP contribution in [-0.2, 0) is 4.79 Å². The highest BCUT2D eigenvalue weighted by Crippen LogP contribution is 2.26. The SMILES string of the molecule is CC(=O)C[C@@H](C)c1ccc(O[C@@H]2CCN(c3ccnc(C(=O)Nc4ccc(Cl)cc4)c3)C2)cc1. The Bertz CT molecular complexity index is 1150. The average molecular weight is 478 g/mol. The Morgan fingerprint density at radius 3 is 2.59 bits per heavy atom. The number of hydrogen-bond acceptors (Lipinski definition) is 5. The van der Waals surface area contributed by atoms with Gasteiger partial charge in [-0.25, -0.2) is 0 Å². The maximum atomic E-state index is 12.6. The van der Waals surface area contributed by atoms with Crippen molar-refractivity contribution in [3.8, 4) is 5.75 Å².